The Morgan fingerprint density at radius 1 is 1.17 bits per heavy atom. The van der Waals surface area contributed by atoms with Gasteiger partial charge in [0.25, 0.3) is 0 Å². The quantitative estimate of drug-likeness (QED) is 0.893. The summed E-state index contributed by atoms with van der Waals surface area (Å²) in [4.78, 5) is 1.98. The van der Waals surface area contributed by atoms with Crippen molar-refractivity contribution in [3.8, 4) is 0 Å². The Morgan fingerprint density at radius 3 is 2.33 bits per heavy atom. The SMILES string of the molecule is Cc1ccc(NC2CS(=O)(=O)CC2N(C)C)cc1. The first-order chi connectivity index (χ1) is 8.37. The maximum Gasteiger partial charge on any atom is 0.153 e. The molecule has 0 amide bonds. The summed E-state index contributed by atoms with van der Waals surface area (Å²) in [6.45, 7) is 2.03. The van der Waals surface area contributed by atoms with Gasteiger partial charge in [-0.1, -0.05) is 17.7 Å². The molecule has 1 aromatic carbocycles. The van der Waals surface area contributed by atoms with Gasteiger partial charge in [0, 0.05) is 11.7 Å². The number of anilines is 1. The molecular formula is C13H20N2O2S. The highest BCUT2D eigenvalue weighted by Crippen LogP contribution is 2.21. The Kier molecular flexibility index (Phi) is 3.64. The van der Waals surface area contributed by atoms with Gasteiger partial charge < -0.3 is 10.2 Å². The molecule has 4 nitrogen and oxygen atoms in total. The monoisotopic (exact) mass is 268 g/mol. The lowest BCUT2D eigenvalue weighted by molar-refractivity contribution is 0.304. The second kappa shape index (κ2) is 4.90. The van der Waals surface area contributed by atoms with Crippen LogP contribution in [0.5, 0.6) is 0 Å². The van der Waals surface area contributed by atoms with E-state index in [9.17, 15) is 8.42 Å². The lowest BCUT2D eigenvalue weighted by atomic mass is 10.1. The number of hydrogen-bond acceptors (Lipinski definition) is 4. The first kappa shape index (κ1) is 13.4. The van der Waals surface area contributed by atoms with Gasteiger partial charge in [-0.3, -0.25) is 0 Å². The third kappa shape index (κ3) is 3.03. The van der Waals surface area contributed by atoms with Crippen LogP contribution in [0.1, 0.15) is 5.56 Å². The zero-order chi connectivity index (χ0) is 13.3. The number of benzene rings is 1. The molecule has 0 aliphatic carbocycles. The Balaban J connectivity index is 2.14. The molecule has 0 saturated carbocycles. The van der Waals surface area contributed by atoms with Crippen LogP contribution in [0.3, 0.4) is 0 Å². The molecule has 1 aromatic rings. The number of sulfone groups is 1. The van der Waals surface area contributed by atoms with Gasteiger partial charge in [0.2, 0.25) is 0 Å². The molecule has 0 aromatic heterocycles. The van der Waals surface area contributed by atoms with Crippen LogP contribution in [0, 0.1) is 6.92 Å². The predicted molar refractivity (Wildman–Crippen MR) is 74.7 cm³/mol. The van der Waals surface area contributed by atoms with Crippen LogP contribution in [-0.2, 0) is 9.84 Å². The van der Waals surface area contributed by atoms with Crippen molar-refractivity contribution in [2.24, 2.45) is 0 Å². The molecular weight excluding hydrogens is 248 g/mol. The number of nitrogens with zero attached hydrogens (tertiary/aromatic N) is 1. The summed E-state index contributed by atoms with van der Waals surface area (Å²) in [6.07, 6.45) is 0. The minimum absolute atomic E-state index is 0.0345. The second-order valence-electron chi connectivity index (χ2n) is 5.22. The van der Waals surface area contributed by atoms with Crippen LogP contribution < -0.4 is 5.32 Å². The van der Waals surface area contributed by atoms with Crippen molar-refractivity contribution in [1.29, 1.82) is 0 Å². The highest BCUT2D eigenvalue weighted by Gasteiger charge is 2.38. The Bertz CT molecular complexity index is 508. The smallest absolute Gasteiger partial charge is 0.153 e. The van der Waals surface area contributed by atoms with Gasteiger partial charge in [-0.2, -0.15) is 0 Å². The molecule has 18 heavy (non-hydrogen) atoms. The summed E-state index contributed by atoms with van der Waals surface area (Å²) in [5.41, 5.74) is 2.18. The Labute approximate surface area is 109 Å². The topological polar surface area (TPSA) is 49.4 Å². The van der Waals surface area contributed by atoms with E-state index in [0.717, 1.165) is 5.69 Å². The van der Waals surface area contributed by atoms with Gasteiger partial charge in [-0.05, 0) is 33.2 Å². The van der Waals surface area contributed by atoms with Gasteiger partial charge >= 0.3 is 0 Å². The van der Waals surface area contributed by atoms with Gasteiger partial charge in [0.15, 0.2) is 9.84 Å². The van der Waals surface area contributed by atoms with Crippen molar-refractivity contribution < 1.29 is 8.42 Å². The lowest BCUT2D eigenvalue weighted by Gasteiger charge is -2.26. The summed E-state index contributed by atoms with van der Waals surface area (Å²) in [5, 5.41) is 3.33. The highest BCUT2D eigenvalue weighted by molar-refractivity contribution is 7.91. The summed E-state index contributed by atoms with van der Waals surface area (Å²) in [5.74, 6) is 0.452. The van der Waals surface area contributed by atoms with E-state index in [1.165, 1.54) is 5.56 Å². The fraction of sp³-hybridized carbons (Fsp3) is 0.538. The maximum absolute atomic E-state index is 11.7. The largest absolute Gasteiger partial charge is 0.380 e. The molecule has 1 aliphatic rings. The number of nitrogens with one attached hydrogen (secondary N) is 1. The first-order valence-corrected chi connectivity index (χ1v) is 7.89. The van der Waals surface area contributed by atoms with Crippen LogP contribution in [0.25, 0.3) is 0 Å². The summed E-state index contributed by atoms with van der Waals surface area (Å²) in [7, 11) is 0.930. The van der Waals surface area contributed by atoms with Crippen LogP contribution in [0.2, 0.25) is 0 Å². The minimum Gasteiger partial charge on any atom is -0.380 e. The van der Waals surface area contributed by atoms with Crippen molar-refractivity contribution in [2.45, 2.75) is 19.0 Å². The molecule has 2 atom stereocenters. The number of likely N-dealkylation sites (N-methyl/N-ethyl adjacent to an activating group) is 1. The van der Waals surface area contributed by atoms with Gasteiger partial charge in [-0.25, -0.2) is 8.42 Å². The zero-order valence-electron chi connectivity index (χ0n) is 11.1. The zero-order valence-corrected chi connectivity index (χ0v) is 11.9. The summed E-state index contributed by atoms with van der Waals surface area (Å²) >= 11 is 0. The molecule has 0 spiro atoms. The highest BCUT2D eigenvalue weighted by atomic mass is 32.2. The van der Waals surface area contributed by atoms with E-state index < -0.39 is 9.84 Å². The van der Waals surface area contributed by atoms with Gasteiger partial charge in [0.1, 0.15) is 0 Å². The van der Waals surface area contributed by atoms with Crippen molar-refractivity contribution in [2.75, 3.05) is 30.9 Å². The molecule has 2 rings (SSSR count). The third-order valence-electron chi connectivity index (χ3n) is 3.39. The van der Waals surface area contributed by atoms with Crippen LogP contribution in [0.15, 0.2) is 24.3 Å². The molecule has 0 radical (unpaired) electrons. The third-order valence-corrected chi connectivity index (χ3v) is 5.11. The van der Waals surface area contributed by atoms with Crippen molar-refractivity contribution >= 4 is 15.5 Å². The average Bonchev–Trinajstić information content (AvgIpc) is 2.57. The lowest BCUT2D eigenvalue weighted by Crippen LogP contribution is -2.42. The van der Waals surface area contributed by atoms with Crippen LogP contribution >= 0.6 is 0 Å². The standard InChI is InChI=1S/C13H20N2O2S/c1-10-4-6-11(7-5-10)14-12-8-18(16,17)9-13(12)15(2)3/h4-7,12-14H,8-9H2,1-3H3. The molecule has 1 aliphatic heterocycles. The predicted octanol–water partition coefficient (Wildman–Crippen LogP) is 1.13. The van der Waals surface area contributed by atoms with Crippen LogP contribution in [-0.4, -0.2) is 51.0 Å². The van der Waals surface area contributed by atoms with E-state index in [0.29, 0.717) is 0 Å². The van der Waals surface area contributed by atoms with Crippen molar-refractivity contribution in [3.63, 3.8) is 0 Å². The maximum atomic E-state index is 11.7. The van der Waals surface area contributed by atoms with E-state index in [2.05, 4.69) is 5.32 Å². The molecule has 0 bridgehead atoms. The normalized spacial score (nSPS) is 26.4. The van der Waals surface area contributed by atoms with Gasteiger partial charge in [0.05, 0.1) is 17.5 Å². The van der Waals surface area contributed by atoms with Gasteiger partial charge in [-0.15, -0.1) is 0 Å². The van der Waals surface area contributed by atoms with E-state index >= 15 is 0 Å². The first-order valence-electron chi connectivity index (χ1n) is 6.07. The number of aryl methyl sites for hydroxylation is 1. The average molecular weight is 268 g/mol. The molecule has 2 unspecified atom stereocenters. The summed E-state index contributed by atoms with van der Waals surface area (Å²) in [6, 6.07) is 8.04. The fourth-order valence-electron chi connectivity index (χ4n) is 2.34. The van der Waals surface area contributed by atoms with E-state index in [1.807, 2.05) is 50.2 Å². The Morgan fingerprint density at radius 2 is 1.78 bits per heavy atom. The van der Waals surface area contributed by atoms with Crippen molar-refractivity contribution in [3.05, 3.63) is 29.8 Å². The second-order valence-corrected chi connectivity index (χ2v) is 7.38. The van der Waals surface area contributed by atoms with E-state index in [-0.39, 0.29) is 23.6 Å². The molecule has 100 valence electrons. The fourth-order valence-corrected chi connectivity index (χ4v) is 4.38. The molecule has 1 fully saturated rings. The van der Waals surface area contributed by atoms with Crippen LogP contribution in [0.4, 0.5) is 5.69 Å². The number of rotatable bonds is 3. The number of hydrogen-bond donors (Lipinski definition) is 1. The van der Waals surface area contributed by atoms with E-state index in [1.54, 1.807) is 0 Å². The summed E-state index contributed by atoms with van der Waals surface area (Å²) < 4.78 is 23.5. The molecule has 1 saturated heterocycles. The molecule has 5 heteroatoms. The Hall–Kier alpha value is -1.07. The van der Waals surface area contributed by atoms with Crippen molar-refractivity contribution in [1.82, 2.24) is 4.90 Å². The van der Waals surface area contributed by atoms with E-state index in [4.69, 9.17) is 0 Å². The molecule has 1 N–H and O–H groups in total. The molecule has 1 heterocycles. The minimum atomic E-state index is -2.92.